The maximum Gasteiger partial charge on any atom is 0.255 e. The summed E-state index contributed by atoms with van der Waals surface area (Å²) in [6.45, 7) is 4.00. The van der Waals surface area contributed by atoms with E-state index >= 15 is 0 Å². The Labute approximate surface area is 164 Å². The van der Waals surface area contributed by atoms with E-state index in [0.717, 1.165) is 27.7 Å². The monoisotopic (exact) mass is 370 g/mol. The molecule has 1 aromatic heterocycles. The Bertz CT molecular complexity index is 1090. The molecule has 5 heteroatoms. The van der Waals surface area contributed by atoms with Gasteiger partial charge < -0.3 is 11.1 Å². The van der Waals surface area contributed by atoms with Gasteiger partial charge in [-0.2, -0.15) is 0 Å². The minimum atomic E-state index is -0.151. The Hall–Kier alpha value is -3.73. The number of amides is 1. The Morgan fingerprint density at radius 1 is 0.857 bits per heavy atom. The molecule has 3 aromatic carbocycles. The molecule has 140 valence electrons. The van der Waals surface area contributed by atoms with Crippen LogP contribution in [0.15, 0.2) is 79.1 Å². The number of nitrogens with two attached hydrogens (primary N) is 1. The fourth-order valence-corrected chi connectivity index (χ4v) is 2.82. The average molecular weight is 370 g/mol. The standard InChI is InChI=1S/C21H16N4O.C2H6/c22-20-18-12-15(9-10-19(18)23-13-24-20)14-5-4-6-16(11-14)21(26)25-17-7-2-1-3-8-17;1-2/h1-13H,(H,25,26)(H2,22,23,24);1-2H3. The molecule has 0 saturated heterocycles. The van der Waals surface area contributed by atoms with Gasteiger partial charge >= 0.3 is 0 Å². The summed E-state index contributed by atoms with van der Waals surface area (Å²) in [7, 11) is 0. The van der Waals surface area contributed by atoms with Gasteiger partial charge in [0.2, 0.25) is 0 Å². The van der Waals surface area contributed by atoms with Crippen molar-refractivity contribution in [3.63, 3.8) is 0 Å². The fraction of sp³-hybridized carbons (Fsp3) is 0.0870. The molecule has 4 aromatic rings. The molecule has 1 heterocycles. The number of hydrogen-bond donors (Lipinski definition) is 2. The predicted molar refractivity (Wildman–Crippen MR) is 115 cm³/mol. The number of hydrogen-bond acceptors (Lipinski definition) is 4. The minimum absolute atomic E-state index is 0.151. The molecule has 3 N–H and O–H groups in total. The molecule has 1 amide bonds. The smallest absolute Gasteiger partial charge is 0.255 e. The van der Waals surface area contributed by atoms with Crippen LogP contribution in [0.25, 0.3) is 22.0 Å². The van der Waals surface area contributed by atoms with Crippen LogP contribution in [0.1, 0.15) is 24.2 Å². The van der Waals surface area contributed by atoms with Crippen molar-refractivity contribution in [2.45, 2.75) is 13.8 Å². The summed E-state index contributed by atoms with van der Waals surface area (Å²) in [5, 5.41) is 3.69. The average Bonchev–Trinajstić information content (AvgIpc) is 2.76. The van der Waals surface area contributed by atoms with Crippen LogP contribution in [0.4, 0.5) is 11.5 Å². The molecule has 0 radical (unpaired) electrons. The van der Waals surface area contributed by atoms with Gasteiger partial charge in [-0.05, 0) is 47.5 Å². The second-order valence-electron chi connectivity index (χ2n) is 5.89. The van der Waals surface area contributed by atoms with Gasteiger partial charge in [0.15, 0.2) is 0 Å². The molecule has 4 rings (SSSR count). The lowest BCUT2D eigenvalue weighted by molar-refractivity contribution is 0.102. The van der Waals surface area contributed by atoms with Gasteiger partial charge in [0, 0.05) is 16.6 Å². The van der Waals surface area contributed by atoms with E-state index in [1.54, 1.807) is 6.07 Å². The Morgan fingerprint density at radius 2 is 1.61 bits per heavy atom. The van der Waals surface area contributed by atoms with Gasteiger partial charge in [0.25, 0.3) is 5.91 Å². The number of benzene rings is 3. The third kappa shape index (κ3) is 4.15. The molecule has 0 fully saturated rings. The third-order valence-corrected chi connectivity index (χ3v) is 4.16. The Balaban J connectivity index is 0.00000109. The topological polar surface area (TPSA) is 80.9 Å². The number of nitrogens with one attached hydrogen (secondary N) is 1. The van der Waals surface area contributed by atoms with Crippen LogP contribution >= 0.6 is 0 Å². The van der Waals surface area contributed by atoms with Gasteiger partial charge in [-0.1, -0.05) is 50.2 Å². The first-order valence-corrected chi connectivity index (χ1v) is 9.18. The lowest BCUT2D eigenvalue weighted by atomic mass is 10.0. The second kappa shape index (κ2) is 8.77. The number of anilines is 2. The van der Waals surface area contributed by atoms with E-state index in [1.165, 1.54) is 6.33 Å². The number of aromatic nitrogens is 2. The highest BCUT2D eigenvalue weighted by Crippen LogP contribution is 2.26. The SMILES string of the molecule is CC.Nc1ncnc2ccc(-c3cccc(C(=O)Nc4ccccc4)c3)cc12. The highest BCUT2D eigenvalue weighted by molar-refractivity contribution is 6.05. The van der Waals surface area contributed by atoms with Crippen LogP contribution < -0.4 is 11.1 Å². The highest BCUT2D eigenvalue weighted by Gasteiger charge is 2.09. The molecule has 0 aliphatic rings. The fourth-order valence-electron chi connectivity index (χ4n) is 2.82. The molecule has 28 heavy (non-hydrogen) atoms. The summed E-state index contributed by atoms with van der Waals surface area (Å²) in [6.07, 6.45) is 1.45. The first-order chi connectivity index (χ1) is 13.7. The van der Waals surface area contributed by atoms with Crippen molar-refractivity contribution in [3.05, 3.63) is 84.7 Å². The van der Waals surface area contributed by atoms with Crippen molar-refractivity contribution in [2.75, 3.05) is 11.1 Å². The minimum Gasteiger partial charge on any atom is -0.383 e. The van der Waals surface area contributed by atoms with Gasteiger partial charge in [0.1, 0.15) is 12.1 Å². The zero-order chi connectivity index (χ0) is 19.9. The Morgan fingerprint density at radius 3 is 2.39 bits per heavy atom. The lowest BCUT2D eigenvalue weighted by Crippen LogP contribution is -2.11. The number of nitrogens with zero attached hydrogens (tertiary/aromatic N) is 2. The van der Waals surface area contributed by atoms with E-state index in [-0.39, 0.29) is 5.91 Å². The summed E-state index contributed by atoms with van der Waals surface area (Å²) in [4.78, 5) is 20.8. The van der Waals surface area contributed by atoms with Crippen LogP contribution in [0.3, 0.4) is 0 Å². The third-order valence-electron chi connectivity index (χ3n) is 4.16. The largest absolute Gasteiger partial charge is 0.383 e. The maximum absolute atomic E-state index is 12.5. The van der Waals surface area contributed by atoms with Crippen molar-refractivity contribution in [3.8, 4) is 11.1 Å². The van der Waals surface area contributed by atoms with Crippen molar-refractivity contribution in [1.82, 2.24) is 9.97 Å². The van der Waals surface area contributed by atoms with Crippen molar-refractivity contribution >= 4 is 28.3 Å². The molecule has 0 aliphatic heterocycles. The number of nitrogen functional groups attached to an aromatic ring is 1. The number of carbonyl (C=O) groups excluding carboxylic acids is 1. The van der Waals surface area contributed by atoms with Crippen LogP contribution in [0.5, 0.6) is 0 Å². The number of carbonyl (C=O) groups is 1. The molecule has 0 spiro atoms. The Kier molecular flexibility index (Phi) is 5.97. The van der Waals surface area contributed by atoms with Crippen molar-refractivity contribution < 1.29 is 4.79 Å². The number of para-hydroxylation sites is 1. The van der Waals surface area contributed by atoms with Crippen molar-refractivity contribution in [2.24, 2.45) is 0 Å². The van der Waals surface area contributed by atoms with E-state index in [2.05, 4.69) is 15.3 Å². The zero-order valence-corrected chi connectivity index (χ0v) is 15.9. The molecule has 5 nitrogen and oxygen atoms in total. The molecule has 0 unspecified atom stereocenters. The summed E-state index contributed by atoms with van der Waals surface area (Å²) >= 11 is 0. The summed E-state index contributed by atoms with van der Waals surface area (Å²) in [5.41, 5.74) is 9.97. The van der Waals surface area contributed by atoms with Crippen LogP contribution in [0, 0.1) is 0 Å². The molecular formula is C23H22N4O. The first kappa shape index (κ1) is 19.0. The molecular weight excluding hydrogens is 348 g/mol. The summed E-state index contributed by atoms with van der Waals surface area (Å²) in [5.74, 6) is 0.288. The van der Waals surface area contributed by atoms with Crippen molar-refractivity contribution in [1.29, 1.82) is 0 Å². The van der Waals surface area contributed by atoms with E-state index in [9.17, 15) is 4.79 Å². The van der Waals surface area contributed by atoms with Crippen LogP contribution in [-0.4, -0.2) is 15.9 Å². The van der Waals surface area contributed by atoms with Crippen LogP contribution in [0.2, 0.25) is 0 Å². The van der Waals surface area contributed by atoms with Crippen LogP contribution in [-0.2, 0) is 0 Å². The number of fused-ring (bicyclic) bond motifs is 1. The van der Waals surface area contributed by atoms with E-state index in [0.29, 0.717) is 11.4 Å². The summed E-state index contributed by atoms with van der Waals surface area (Å²) in [6, 6.07) is 22.7. The molecule has 0 aliphatic carbocycles. The van der Waals surface area contributed by atoms with Gasteiger partial charge in [0.05, 0.1) is 5.52 Å². The lowest BCUT2D eigenvalue weighted by Gasteiger charge is -2.08. The van der Waals surface area contributed by atoms with E-state index in [1.807, 2.05) is 80.6 Å². The second-order valence-corrected chi connectivity index (χ2v) is 5.89. The normalized spacial score (nSPS) is 10.1. The van der Waals surface area contributed by atoms with Gasteiger partial charge in [-0.15, -0.1) is 0 Å². The maximum atomic E-state index is 12.5. The quantitative estimate of drug-likeness (QED) is 0.522. The predicted octanol–water partition coefficient (Wildman–Crippen LogP) is 5.16. The highest BCUT2D eigenvalue weighted by atomic mass is 16.1. The molecule has 0 saturated carbocycles. The first-order valence-electron chi connectivity index (χ1n) is 9.18. The van der Waals surface area contributed by atoms with E-state index in [4.69, 9.17) is 5.73 Å². The molecule has 0 bridgehead atoms. The van der Waals surface area contributed by atoms with Gasteiger partial charge in [-0.25, -0.2) is 9.97 Å². The van der Waals surface area contributed by atoms with Gasteiger partial charge in [-0.3, -0.25) is 4.79 Å². The number of rotatable bonds is 3. The zero-order valence-electron chi connectivity index (χ0n) is 15.9. The summed E-state index contributed by atoms with van der Waals surface area (Å²) < 4.78 is 0. The molecule has 0 atom stereocenters. The van der Waals surface area contributed by atoms with E-state index < -0.39 is 0 Å².